The van der Waals surface area contributed by atoms with E-state index in [0.29, 0.717) is 11.5 Å². The smallest absolute Gasteiger partial charge is 0.0518 e. The Bertz CT molecular complexity index is 464. The zero-order valence-electron chi connectivity index (χ0n) is 20.5. The lowest BCUT2D eigenvalue weighted by Crippen LogP contribution is -2.51. The second kappa shape index (κ2) is 10.5. The number of nitrogens with zero attached hydrogens (tertiary/aromatic N) is 2. The number of likely N-dealkylation sites (tertiary alicyclic amines) is 2. The van der Waals surface area contributed by atoms with Crippen LogP contribution in [0.4, 0.5) is 0 Å². The first-order valence-electron chi connectivity index (χ1n) is 12.8. The molecule has 0 radical (unpaired) electrons. The lowest BCUT2D eigenvalue weighted by molar-refractivity contribution is 0.0108. The highest BCUT2D eigenvalue weighted by atomic mass is 16.5. The maximum Gasteiger partial charge on any atom is 0.0518 e. The molecule has 0 spiro atoms. The molecule has 0 aromatic rings. The van der Waals surface area contributed by atoms with E-state index in [2.05, 4.69) is 51.3 Å². The SMILES string of the molecule is CC(C)OCCC1CCN(C[C@H]2C[C@H](N3CCC(C(C)C(C)(C)C)CC3)C2)CC1. The van der Waals surface area contributed by atoms with Crippen molar-refractivity contribution in [3.05, 3.63) is 0 Å². The zero-order valence-corrected chi connectivity index (χ0v) is 20.5. The minimum atomic E-state index is 0.384. The Morgan fingerprint density at radius 1 is 0.862 bits per heavy atom. The van der Waals surface area contributed by atoms with E-state index in [-0.39, 0.29) is 0 Å². The summed E-state index contributed by atoms with van der Waals surface area (Å²) in [5, 5.41) is 0. The van der Waals surface area contributed by atoms with Crippen molar-refractivity contribution in [3.63, 3.8) is 0 Å². The molecule has 2 heterocycles. The lowest BCUT2D eigenvalue weighted by atomic mass is 9.70. The van der Waals surface area contributed by atoms with Gasteiger partial charge in [0.05, 0.1) is 6.10 Å². The van der Waals surface area contributed by atoms with Gasteiger partial charge in [-0.1, -0.05) is 27.7 Å². The molecule has 1 unspecified atom stereocenters. The Morgan fingerprint density at radius 3 is 2.03 bits per heavy atom. The molecule has 0 bridgehead atoms. The molecule has 2 aliphatic heterocycles. The van der Waals surface area contributed by atoms with Crippen molar-refractivity contribution in [2.45, 2.75) is 98.6 Å². The normalized spacial score (nSPS) is 29.9. The summed E-state index contributed by atoms with van der Waals surface area (Å²) in [7, 11) is 0. The molecule has 3 aliphatic rings. The van der Waals surface area contributed by atoms with E-state index in [1.165, 1.54) is 77.7 Å². The number of hydrogen-bond acceptors (Lipinski definition) is 3. The summed E-state index contributed by atoms with van der Waals surface area (Å²) in [5.74, 6) is 3.65. The van der Waals surface area contributed by atoms with Crippen molar-refractivity contribution in [1.82, 2.24) is 9.80 Å². The first-order valence-corrected chi connectivity index (χ1v) is 12.8. The van der Waals surface area contributed by atoms with Crippen molar-refractivity contribution in [1.29, 1.82) is 0 Å². The lowest BCUT2D eigenvalue weighted by Gasteiger charge is -2.49. The highest BCUT2D eigenvalue weighted by Crippen LogP contribution is 2.40. The average Bonchev–Trinajstić information content (AvgIpc) is 2.64. The van der Waals surface area contributed by atoms with Gasteiger partial charge in [-0.05, 0) is 114 Å². The van der Waals surface area contributed by atoms with E-state index in [1.54, 1.807) is 0 Å². The second-order valence-corrected chi connectivity index (χ2v) is 12.0. The molecule has 29 heavy (non-hydrogen) atoms. The third-order valence-corrected chi connectivity index (χ3v) is 8.58. The Labute approximate surface area is 181 Å². The average molecular weight is 407 g/mol. The molecule has 1 atom stereocenters. The minimum Gasteiger partial charge on any atom is -0.379 e. The first-order chi connectivity index (χ1) is 13.7. The summed E-state index contributed by atoms with van der Waals surface area (Å²) < 4.78 is 5.75. The molecule has 3 nitrogen and oxygen atoms in total. The molecule has 1 saturated carbocycles. The highest BCUT2D eigenvalue weighted by Gasteiger charge is 2.38. The van der Waals surface area contributed by atoms with Gasteiger partial charge < -0.3 is 14.5 Å². The second-order valence-electron chi connectivity index (χ2n) is 12.0. The third-order valence-electron chi connectivity index (χ3n) is 8.58. The Hall–Kier alpha value is -0.120. The largest absolute Gasteiger partial charge is 0.379 e. The summed E-state index contributed by atoms with van der Waals surface area (Å²) in [6.07, 6.45) is 10.2. The van der Waals surface area contributed by atoms with Crippen LogP contribution in [0.15, 0.2) is 0 Å². The van der Waals surface area contributed by atoms with Crippen molar-refractivity contribution >= 4 is 0 Å². The van der Waals surface area contributed by atoms with Crippen molar-refractivity contribution in [3.8, 4) is 0 Å². The van der Waals surface area contributed by atoms with Crippen LogP contribution in [0.3, 0.4) is 0 Å². The van der Waals surface area contributed by atoms with Crippen LogP contribution in [0, 0.1) is 29.1 Å². The molecular formula is C26H50N2O. The standard InChI is InChI=1S/C26H50N2O/c1-20(2)29-16-11-22-7-12-27(13-8-22)19-23-17-25(18-23)28-14-9-24(10-15-28)21(3)26(4,5)6/h20-25H,7-19H2,1-6H3/t21?,23-,25-. The summed E-state index contributed by atoms with van der Waals surface area (Å²) in [4.78, 5) is 5.60. The van der Waals surface area contributed by atoms with E-state index in [4.69, 9.17) is 4.74 Å². The maximum absolute atomic E-state index is 5.75. The van der Waals surface area contributed by atoms with Crippen LogP contribution in [0.1, 0.15) is 86.5 Å². The summed E-state index contributed by atoms with van der Waals surface area (Å²) >= 11 is 0. The van der Waals surface area contributed by atoms with Gasteiger partial charge in [-0.2, -0.15) is 0 Å². The van der Waals surface area contributed by atoms with Crippen LogP contribution in [-0.2, 0) is 4.74 Å². The van der Waals surface area contributed by atoms with Crippen molar-refractivity contribution < 1.29 is 4.74 Å². The fourth-order valence-corrected chi connectivity index (χ4v) is 5.93. The Balaban J connectivity index is 1.27. The van der Waals surface area contributed by atoms with Gasteiger partial charge >= 0.3 is 0 Å². The molecule has 3 rings (SSSR count). The molecule has 0 N–H and O–H groups in total. The zero-order chi connectivity index (χ0) is 21.0. The molecular weight excluding hydrogens is 356 g/mol. The van der Waals surface area contributed by atoms with Gasteiger partial charge in [-0.3, -0.25) is 0 Å². The molecule has 0 aromatic carbocycles. The predicted molar refractivity (Wildman–Crippen MR) is 124 cm³/mol. The van der Waals surface area contributed by atoms with E-state index < -0.39 is 0 Å². The van der Waals surface area contributed by atoms with E-state index in [0.717, 1.165) is 36.3 Å². The van der Waals surface area contributed by atoms with Crippen LogP contribution < -0.4 is 0 Å². The number of hydrogen-bond donors (Lipinski definition) is 0. The topological polar surface area (TPSA) is 15.7 Å². The molecule has 3 heteroatoms. The van der Waals surface area contributed by atoms with Crippen LogP contribution in [0.5, 0.6) is 0 Å². The third kappa shape index (κ3) is 6.94. The number of rotatable bonds is 8. The molecule has 170 valence electrons. The van der Waals surface area contributed by atoms with Crippen molar-refractivity contribution in [2.24, 2.45) is 29.1 Å². The van der Waals surface area contributed by atoms with E-state index in [9.17, 15) is 0 Å². The Kier molecular flexibility index (Phi) is 8.49. The minimum absolute atomic E-state index is 0.384. The van der Waals surface area contributed by atoms with Gasteiger partial charge in [0, 0.05) is 19.2 Å². The van der Waals surface area contributed by atoms with Gasteiger partial charge in [0.25, 0.3) is 0 Å². The summed E-state index contributed by atoms with van der Waals surface area (Å²) in [6, 6.07) is 0.900. The molecule has 0 amide bonds. The summed E-state index contributed by atoms with van der Waals surface area (Å²) in [6.45, 7) is 21.7. The monoisotopic (exact) mass is 406 g/mol. The number of ether oxygens (including phenoxy) is 1. The van der Waals surface area contributed by atoms with Crippen molar-refractivity contribution in [2.75, 3.05) is 39.3 Å². The quantitative estimate of drug-likeness (QED) is 0.515. The Morgan fingerprint density at radius 2 is 1.48 bits per heavy atom. The molecule has 0 aromatic heterocycles. The predicted octanol–water partition coefficient (Wildman–Crippen LogP) is 5.69. The van der Waals surface area contributed by atoms with Crippen LogP contribution >= 0.6 is 0 Å². The van der Waals surface area contributed by atoms with Gasteiger partial charge in [0.1, 0.15) is 0 Å². The van der Waals surface area contributed by atoms with Crippen LogP contribution in [-0.4, -0.2) is 61.3 Å². The van der Waals surface area contributed by atoms with Gasteiger partial charge in [0.2, 0.25) is 0 Å². The molecule has 2 saturated heterocycles. The fraction of sp³-hybridized carbons (Fsp3) is 1.00. The van der Waals surface area contributed by atoms with E-state index in [1.807, 2.05) is 0 Å². The van der Waals surface area contributed by atoms with E-state index >= 15 is 0 Å². The maximum atomic E-state index is 5.75. The molecule has 1 aliphatic carbocycles. The fourth-order valence-electron chi connectivity index (χ4n) is 5.93. The van der Waals surface area contributed by atoms with Crippen LogP contribution in [0.25, 0.3) is 0 Å². The van der Waals surface area contributed by atoms with Gasteiger partial charge in [0.15, 0.2) is 0 Å². The highest BCUT2D eigenvalue weighted by molar-refractivity contribution is 4.92. The number of piperidine rings is 2. The molecule has 3 fully saturated rings. The van der Waals surface area contributed by atoms with Crippen LogP contribution in [0.2, 0.25) is 0 Å². The van der Waals surface area contributed by atoms with Gasteiger partial charge in [-0.15, -0.1) is 0 Å². The van der Waals surface area contributed by atoms with Gasteiger partial charge in [-0.25, -0.2) is 0 Å². The first kappa shape index (κ1) is 23.5. The summed E-state index contributed by atoms with van der Waals surface area (Å²) in [5.41, 5.74) is 0.462.